The van der Waals surface area contributed by atoms with E-state index in [1.54, 1.807) is 0 Å². The van der Waals surface area contributed by atoms with Gasteiger partial charge in [-0.2, -0.15) is 0 Å². The first-order chi connectivity index (χ1) is 38.7. The van der Waals surface area contributed by atoms with Crippen LogP contribution in [0.2, 0.25) is 0 Å². The van der Waals surface area contributed by atoms with Crippen molar-refractivity contribution in [3.8, 4) is 22.3 Å². The first-order valence-electron chi connectivity index (χ1n) is 27.7. The van der Waals surface area contributed by atoms with Crippen molar-refractivity contribution < 1.29 is 0 Å². The Labute approximate surface area is 458 Å². The van der Waals surface area contributed by atoms with Gasteiger partial charge in [-0.1, -0.05) is 188 Å². The standard InChI is InChI=1S/C76H58N2/c1-7-21-53(22-8-1)60-41-47-68-72(50-60)73-51-61(59-36-35-54-23-19-20-26-58(54)49-59)42-48-69(73)76-74(57-39-45-67(46-40-57)78(64-31-15-5-16-32-64)65-33-17-6-18-34-65)70(55-24-9-2-10-25-55)52-71(75(68)76)56-37-43-66(44-38-56)77(62-27-11-3-12-28-62)63-29-13-4-14-30-63/h1,3-7,9,11-21,23-41,43-47,49-52H,2,8,10,22,42,48H2. The molecular formula is C76H58N2. The number of anilines is 6. The Bertz CT molecular complexity index is 4120. The van der Waals surface area contributed by atoms with Crippen LogP contribution in [0.4, 0.5) is 34.1 Å². The highest BCUT2D eigenvalue weighted by Gasteiger charge is 2.28. The first-order valence-corrected chi connectivity index (χ1v) is 27.7. The molecule has 0 spiro atoms. The van der Waals surface area contributed by atoms with E-state index in [1.165, 1.54) is 99.1 Å². The van der Waals surface area contributed by atoms with Gasteiger partial charge < -0.3 is 9.80 Å². The molecule has 2 heteroatoms. The summed E-state index contributed by atoms with van der Waals surface area (Å²) in [6, 6.07) is 87.5. The number of para-hydroxylation sites is 4. The predicted molar refractivity (Wildman–Crippen MR) is 335 cm³/mol. The van der Waals surface area contributed by atoms with Gasteiger partial charge in [0.15, 0.2) is 0 Å². The minimum atomic E-state index is 0.913. The molecule has 11 aromatic carbocycles. The van der Waals surface area contributed by atoms with Gasteiger partial charge in [0.05, 0.1) is 0 Å². The number of benzene rings is 11. The molecular weight excluding hydrogens is 941 g/mol. The van der Waals surface area contributed by atoms with Crippen LogP contribution in [-0.2, 0) is 6.42 Å². The Morgan fingerprint density at radius 2 is 0.897 bits per heavy atom. The van der Waals surface area contributed by atoms with Crippen molar-refractivity contribution in [1.82, 2.24) is 0 Å². The number of nitrogens with zero attached hydrogens (tertiary/aromatic N) is 2. The minimum Gasteiger partial charge on any atom is -0.311 e. The average molecular weight is 999 g/mol. The van der Waals surface area contributed by atoms with E-state index in [2.05, 4.69) is 289 Å². The predicted octanol–water partition coefficient (Wildman–Crippen LogP) is 21.4. The molecule has 14 rings (SSSR count). The molecule has 11 aromatic rings. The zero-order chi connectivity index (χ0) is 51.8. The maximum atomic E-state index is 2.57. The van der Waals surface area contributed by atoms with Gasteiger partial charge in [-0.3, -0.25) is 0 Å². The highest BCUT2D eigenvalue weighted by atomic mass is 15.1. The molecule has 2 nitrogen and oxygen atoms in total. The second-order valence-electron chi connectivity index (χ2n) is 20.9. The van der Waals surface area contributed by atoms with Gasteiger partial charge in [0.1, 0.15) is 0 Å². The maximum absolute atomic E-state index is 2.57. The summed E-state index contributed by atoms with van der Waals surface area (Å²) in [4.78, 5) is 4.72. The molecule has 0 bridgehead atoms. The summed E-state index contributed by atoms with van der Waals surface area (Å²) >= 11 is 0. The van der Waals surface area contributed by atoms with Gasteiger partial charge >= 0.3 is 0 Å². The molecule has 0 radical (unpaired) electrons. The van der Waals surface area contributed by atoms with Gasteiger partial charge in [0.25, 0.3) is 0 Å². The molecule has 0 fully saturated rings. The number of fused-ring (bicyclic) bond motifs is 7. The second-order valence-corrected chi connectivity index (χ2v) is 20.9. The Balaban J connectivity index is 1.05. The van der Waals surface area contributed by atoms with Crippen molar-refractivity contribution in [3.63, 3.8) is 0 Å². The normalized spacial score (nSPS) is 14.0. The Hall–Kier alpha value is -9.50. The summed E-state index contributed by atoms with van der Waals surface area (Å²) in [7, 11) is 0. The SMILES string of the molecule is C1=CCCC(c2ccc3c(c2)c2c(c4c(-c5ccc(N(c6ccccc6)c6ccccc6)cc5)c(C5=CCCC=C5)cc(-c5ccc(N(c6ccccc6)c6ccccc6)cc5)c43)CCC(c3ccc4ccccc4c3)=C2)=C1. The molecule has 0 saturated carbocycles. The minimum absolute atomic E-state index is 0.913. The van der Waals surface area contributed by atoms with Gasteiger partial charge in [0.2, 0.25) is 0 Å². The van der Waals surface area contributed by atoms with E-state index in [0.717, 1.165) is 72.6 Å². The van der Waals surface area contributed by atoms with E-state index in [0.29, 0.717) is 0 Å². The molecule has 372 valence electrons. The highest BCUT2D eigenvalue weighted by Crippen LogP contribution is 2.51. The van der Waals surface area contributed by atoms with E-state index >= 15 is 0 Å². The average Bonchev–Trinajstić information content (AvgIpc) is 3.64. The van der Waals surface area contributed by atoms with E-state index in [4.69, 9.17) is 0 Å². The lowest BCUT2D eigenvalue weighted by atomic mass is 9.76. The highest BCUT2D eigenvalue weighted by molar-refractivity contribution is 6.24. The van der Waals surface area contributed by atoms with Crippen molar-refractivity contribution in [1.29, 1.82) is 0 Å². The molecule has 0 heterocycles. The van der Waals surface area contributed by atoms with Crippen LogP contribution in [0.1, 0.15) is 59.9 Å². The third-order valence-electron chi connectivity index (χ3n) is 16.2. The van der Waals surface area contributed by atoms with Crippen LogP contribution in [0.3, 0.4) is 0 Å². The molecule has 3 aliphatic carbocycles. The second kappa shape index (κ2) is 20.6. The van der Waals surface area contributed by atoms with Gasteiger partial charge in [-0.25, -0.2) is 0 Å². The molecule has 78 heavy (non-hydrogen) atoms. The fraction of sp³-hybridized carbons (Fsp3) is 0.0789. The lowest BCUT2D eigenvalue weighted by molar-refractivity contribution is 1.02. The molecule has 3 aliphatic rings. The number of hydrogen-bond donors (Lipinski definition) is 0. The summed E-state index contributed by atoms with van der Waals surface area (Å²) in [5.74, 6) is 0. The van der Waals surface area contributed by atoms with E-state index in [9.17, 15) is 0 Å². The van der Waals surface area contributed by atoms with Crippen molar-refractivity contribution in [2.45, 2.75) is 38.5 Å². The van der Waals surface area contributed by atoms with E-state index in [-0.39, 0.29) is 0 Å². The summed E-state index contributed by atoms with van der Waals surface area (Å²) in [5, 5.41) is 7.80. The number of rotatable bonds is 11. The van der Waals surface area contributed by atoms with Gasteiger partial charge in [0, 0.05) is 34.1 Å². The van der Waals surface area contributed by atoms with E-state index < -0.39 is 0 Å². The van der Waals surface area contributed by atoms with Crippen molar-refractivity contribution in [3.05, 3.63) is 301 Å². The first kappa shape index (κ1) is 47.0. The molecule has 0 unspecified atom stereocenters. The Morgan fingerprint density at radius 3 is 1.49 bits per heavy atom. The lowest BCUT2D eigenvalue weighted by Gasteiger charge is -2.28. The largest absolute Gasteiger partial charge is 0.311 e. The molecule has 0 N–H and O–H groups in total. The maximum Gasteiger partial charge on any atom is 0.0462 e. The lowest BCUT2D eigenvalue weighted by Crippen LogP contribution is -2.09. The zero-order valence-corrected chi connectivity index (χ0v) is 43.7. The van der Waals surface area contributed by atoms with Crippen LogP contribution >= 0.6 is 0 Å². The number of allylic oxidation sites excluding steroid dienone is 9. The third kappa shape index (κ3) is 8.76. The molecule has 0 aromatic heterocycles. The van der Waals surface area contributed by atoms with Crippen LogP contribution in [0.15, 0.2) is 273 Å². The molecule has 0 atom stereocenters. The fourth-order valence-electron chi connectivity index (χ4n) is 12.5. The third-order valence-corrected chi connectivity index (χ3v) is 16.2. The van der Waals surface area contributed by atoms with Crippen LogP contribution in [0, 0.1) is 0 Å². The quantitative estimate of drug-likeness (QED) is 0.119. The summed E-state index contributed by atoms with van der Waals surface area (Å²) in [6.45, 7) is 0. The Morgan fingerprint density at radius 1 is 0.346 bits per heavy atom. The van der Waals surface area contributed by atoms with Crippen LogP contribution in [-0.4, -0.2) is 0 Å². The number of hydrogen-bond acceptors (Lipinski definition) is 2. The van der Waals surface area contributed by atoms with Gasteiger partial charge in [-0.15, -0.1) is 0 Å². The van der Waals surface area contributed by atoms with Gasteiger partial charge in [-0.05, 0) is 229 Å². The van der Waals surface area contributed by atoms with Crippen LogP contribution in [0.5, 0.6) is 0 Å². The Kier molecular flexibility index (Phi) is 12.4. The fourth-order valence-corrected chi connectivity index (χ4v) is 12.5. The topological polar surface area (TPSA) is 6.48 Å². The summed E-state index contributed by atoms with van der Waals surface area (Å²) in [5.41, 5.74) is 22.4. The van der Waals surface area contributed by atoms with E-state index in [1.807, 2.05) is 0 Å². The van der Waals surface area contributed by atoms with Crippen LogP contribution in [0.25, 0.3) is 77.4 Å². The van der Waals surface area contributed by atoms with Crippen molar-refractivity contribution in [2.75, 3.05) is 9.80 Å². The monoisotopic (exact) mass is 998 g/mol. The smallest absolute Gasteiger partial charge is 0.0462 e. The van der Waals surface area contributed by atoms with Crippen molar-refractivity contribution >= 4 is 89.2 Å². The molecule has 0 aliphatic heterocycles. The van der Waals surface area contributed by atoms with Crippen molar-refractivity contribution in [2.24, 2.45) is 0 Å². The summed E-state index contributed by atoms with van der Waals surface area (Å²) in [6.07, 6.45) is 22.6. The zero-order valence-electron chi connectivity index (χ0n) is 43.7. The molecule has 0 amide bonds. The summed E-state index contributed by atoms with van der Waals surface area (Å²) < 4.78 is 0. The number of aryl methyl sites for hydroxylation is 1. The van der Waals surface area contributed by atoms with Crippen LogP contribution < -0.4 is 9.80 Å². The molecule has 0 saturated heterocycles.